The van der Waals surface area contributed by atoms with Crippen molar-refractivity contribution >= 4 is 10.2 Å². The maximum atomic E-state index is 14.8. The Balaban J connectivity index is 1.47. The van der Waals surface area contributed by atoms with Crippen LogP contribution in [-0.4, -0.2) is 0 Å². The Labute approximate surface area is 244 Å². The van der Waals surface area contributed by atoms with Gasteiger partial charge in [0.2, 0.25) is 0 Å². The van der Waals surface area contributed by atoms with Crippen molar-refractivity contribution in [1.82, 2.24) is 0 Å². The molecular weight excluding hydrogens is 603 g/mol. The van der Waals surface area contributed by atoms with Crippen LogP contribution in [0.15, 0.2) is 89.8 Å². The van der Waals surface area contributed by atoms with Gasteiger partial charge in [-0.05, 0) is 77.1 Å². The molecule has 4 rings (SSSR count). The molecule has 232 valence electrons. The van der Waals surface area contributed by atoms with Gasteiger partial charge in [0.05, 0.1) is 0 Å². The highest BCUT2D eigenvalue weighted by atomic mass is 32.5. The van der Waals surface area contributed by atoms with Crippen molar-refractivity contribution in [3.8, 4) is 28.0 Å². The molecule has 0 heterocycles. The van der Waals surface area contributed by atoms with Crippen LogP contribution >= 0.6 is 10.2 Å². The zero-order valence-electron chi connectivity index (χ0n) is 23.0. The first-order chi connectivity index (χ1) is 20.0. The van der Waals surface area contributed by atoms with Crippen LogP contribution in [0.25, 0.3) is 22.3 Å². The van der Waals surface area contributed by atoms with E-state index in [9.17, 15) is 37.0 Å². The molecule has 0 saturated carbocycles. The number of unbranched alkanes of at least 4 members (excludes halogenated alkanes) is 4. The molecule has 0 aliphatic rings. The molecule has 0 unspecified atom stereocenters. The fourth-order valence-corrected chi connectivity index (χ4v) is 5.28. The molecule has 0 amide bonds. The van der Waals surface area contributed by atoms with Crippen molar-refractivity contribution in [3.63, 3.8) is 0 Å². The second kappa shape index (κ2) is 11.5. The molecule has 1 nitrogen and oxygen atoms in total. The maximum Gasteiger partial charge on any atom is 0.432 e. The van der Waals surface area contributed by atoms with Crippen molar-refractivity contribution in [3.05, 3.63) is 108 Å². The van der Waals surface area contributed by atoms with E-state index in [2.05, 4.69) is 23.8 Å². The Bertz CT molecular complexity index is 1530. The molecule has 0 saturated heterocycles. The Morgan fingerprint density at radius 2 is 1.07 bits per heavy atom. The zero-order chi connectivity index (χ0) is 31.5. The average molecular weight is 633 g/mol. The van der Waals surface area contributed by atoms with E-state index >= 15 is 0 Å². The van der Waals surface area contributed by atoms with E-state index in [1.165, 1.54) is 31.2 Å². The first kappa shape index (κ1) is 32.3. The van der Waals surface area contributed by atoms with Crippen LogP contribution < -0.4 is 4.74 Å². The predicted octanol–water partition coefficient (Wildman–Crippen LogP) is 12.6. The van der Waals surface area contributed by atoms with E-state index in [-0.39, 0.29) is 29.8 Å². The highest BCUT2D eigenvalue weighted by molar-refractivity contribution is 8.45. The number of halogens is 9. The third-order valence-electron chi connectivity index (χ3n) is 6.92. The van der Waals surface area contributed by atoms with Gasteiger partial charge in [-0.25, -0.2) is 8.78 Å². The molecule has 0 bridgehead atoms. The van der Waals surface area contributed by atoms with E-state index in [1.807, 2.05) is 12.1 Å². The molecule has 0 radical (unpaired) electrons. The molecule has 0 aromatic heterocycles. The Kier molecular flexibility index (Phi) is 8.63. The summed E-state index contributed by atoms with van der Waals surface area (Å²) in [6.45, 7) is 2.17. The minimum atomic E-state index is -10.0. The molecule has 11 heteroatoms. The lowest BCUT2D eigenvalue weighted by Gasteiger charge is -2.40. The topological polar surface area (TPSA) is 9.23 Å². The summed E-state index contributed by atoms with van der Waals surface area (Å²) >= 11 is 0. The monoisotopic (exact) mass is 632 g/mol. The van der Waals surface area contributed by atoms with Crippen LogP contribution in [0.2, 0.25) is 0 Å². The largest absolute Gasteiger partial charge is 0.432 e. The first-order valence-electron chi connectivity index (χ1n) is 13.6. The molecule has 43 heavy (non-hydrogen) atoms. The second-order valence-corrected chi connectivity index (χ2v) is 12.7. The summed E-state index contributed by atoms with van der Waals surface area (Å²) in [4.78, 5) is -2.33. The van der Waals surface area contributed by atoms with Crippen LogP contribution in [0.3, 0.4) is 0 Å². The minimum Gasteiger partial charge on any atom is -0.429 e. The van der Waals surface area contributed by atoms with Crippen molar-refractivity contribution in [1.29, 1.82) is 0 Å². The predicted molar refractivity (Wildman–Crippen MR) is 152 cm³/mol. The van der Waals surface area contributed by atoms with Crippen LogP contribution in [0, 0.1) is 11.6 Å². The number of rotatable bonds is 12. The van der Waals surface area contributed by atoms with Crippen molar-refractivity contribution in [2.45, 2.75) is 56.5 Å². The Hall–Kier alpha value is -3.60. The standard InChI is InChI=1S/C32H29F9OS/c1-2-3-4-5-6-7-22-8-10-23(11-9-22)24-12-14-25(15-13-24)26-20-29(33)31(30(34)21-26)32(35,36)42-27-16-18-28(19-17-27)43(37,38,39,40)41/h8-21H,2-7H2,1H3. The number of hydrogen-bond donors (Lipinski definition) is 0. The summed E-state index contributed by atoms with van der Waals surface area (Å²) in [5.41, 5.74) is 1.51. The lowest BCUT2D eigenvalue weighted by atomic mass is 9.97. The maximum absolute atomic E-state index is 14.8. The van der Waals surface area contributed by atoms with Gasteiger partial charge in [0.25, 0.3) is 0 Å². The van der Waals surface area contributed by atoms with E-state index in [0.29, 0.717) is 17.7 Å². The molecule has 0 fully saturated rings. The third-order valence-corrected chi connectivity index (χ3v) is 8.09. The average Bonchev–Trinajstić information content (AvgIpc) is 2.91. The molecule has 0 atom stereocenters. The fraction of sp³-hybridized carbons (Fsp3) is 0.250. The van der Waals surface area contributed by atoms with E-state index in [1.54, 1.807) is 24.3 Å². The summed E-state index contributed by atoms with van der Waals surface area (Å²) in [7, 11) is -10.0. The molecule has 4 aromatic rings. The SMILES string of the molecule is CCCCCCCc1ccc(-c2ccc(-c3cc(F)c(C(F)(F)Oc4ccc(S(F)(F)(F)(F)F)cc4)c(F)c3)cc2)cc1. The van der Waals surface area contributed by atoms with Gasteiger partial charge in [-0.3, -0.25) is 0 Å². The quantitative estimate of drug-likeness (QED) is 0.112. The molecule has 0 aliphatic carbocycles. The first-order valence-corrected chi connectivity index (χ1v) is 15.5. The van der Waals surface area contributed by atoms with Gasteiger partial charge in [0.1, 0.15) is 27.8 Å². The van der Waals surface area contributed by atoms with Crippen molar-refractivity contribution in [2.24, 2.45) is 0 Å². The normalized spacial score (nSPS) is 13.8. The van der Waals surface area contributed by atoms with Crippen LogP contribution in [0.5, 0.6) is 5.75 Å². The molecular formula is C32H29F9OS. The summed E-state index contributed by atoms with van der Waals surface area (Å²) in [5, 5.41) is 0. The Morgan fingerprint density at radius 1 is 0.605 bits per heavy atom. The lowest BCUT2D eigenvalue weighted by Crippen LogP contribution is -2.25. The number of ether oxygens (including phenoxy) is 1. The summed E-state index contributed by atoms with van der Waals surface area (Å²) < 4.78 is 128. The van der Waals surface area contributed by atoms with Gasteiger partial charge in [0, 0.05) is 0 Å². The van der Waals surface area contributed by atoms with Gasteiger partial charge in [0.15, 0.2) is 0 Å². The van der Waals surface area contributed by atoms with Gasteiger partial charge in [-0.15, -0.1) is 0 Å². The molecule has 4 aromatic carbocycles. The van der Waals surface area contributed by atoms with Crippen LogP contribution in [0.1, 0.15) is 50.2 Å². The number of benzene rings is 4. The molecule has 0 aliphatic heterocycles. The number of hydrogen-bond acceptors (Lipinski definition) is 1. The highest BCUT2D eigenvalue weighted by Crippen LogP contribution is 3.02. The fourth-order valence-electron chi connectivity index (χ4n) is 4.63. The third kappa shape index (κ3) is 8.28. The van der Waals surface area contributed by atoms with Crippen molar-refractivity contribution < 1.29 is 41.7 Å². The summed E-state index contributed by atoms with van der Waals surface area (Å²) in [6, 6.07) is 16.2. The lowest BCUT2D eigenvalue weighted by molar-refractivity contribution is -0.189. The number of alkyl halides is 2. The molecule has 0 spiro atoms. The zero-order valence-corrected chi connectivity index (χ0v) is 23.9. The molecule has 0 N–H and O–H groups in total. The van der Waals surface area contributed by atoms with Gasteiger partial charge in [-0.1, -0.05) is 101 Å². The van der Waals surface area contributed by atoms with Crippen molar-refractivity contribution in [2.75, 3.05) is 0 Å². The smallest absolute Gasteiger partial charge is 0.429 e. The minimum absolute atomic E-state index is 0.0419. The van der Waals surface area contributed by atoms with E-state index in [4.69, 9.17) is 0 Å². The second-order valence-electron chi connectivity index (χ2n) is 10.3. The van der Waals surface area contributed by atoms with Crippen LogP contribution in [0.4, 0.5) is 37.0 Å². The van der Waals surface area contributed by atoms with Crippen LogP contribution in [-0.2, 0) is 12.5 Å². The van der Waals surface area contributed by atoms with Gasteiger partial charge < -0.3 is 4.74 Å². The summed E-state index contributed by atoms with van der Waals surface area (Å²) in [5.74, 6) is -4.34. The number of aryl methyl sites for hydroxylation is 1. The van der Waals surface area contributed by atoms with Gasteiger partial charge >= 0.3 is 16.3 Å². The Morgan fingerprint density at radius 3 is 1.56 bits per heavy atom. The summed E-state index contributed by atoms with van der Waals surface area (Å²) in [6.07, 6.45) is 2.28. The van der Waals surface area contributed by atoms with Gasteiger partial charge in [-0.2, -0.15) is 8.78 Å². The highest BCUT2D eigenvalue weighted by Gasteiger charge is 2.65. The van der Waals surface area contributed by atoms with E-state index in [0.717, 1.165) is 24.0 Å². The van der Waals surface area contributed by atoms with E-state index < -0.39 is 44.2 Å².